The maximum atomic E-state index is 4.66. The van der Waals surface area contributed by atoms with Crippen LogP contribution in [0.5, 0.6) is 0 Å². The Labute approximate surface area is 182 Å². The molecule has 1 aromatic carbocycles. The Balaban J connectivity index is 1.27. The quantitative estimate of drug-likeness (QED) is 0.709. The van der Waals surface area contributed by atoms with Gasteiger partial charge in [-0.2, -0.15) is 5.10 Å². The predicted molar refractivity (Wildman–Crippen MR) is 126 cm³/mol. The molecule has 0 aliphatic carbocycles. The first-order valence-corrected chi connectivity index (χ1v) is 10.6. The first kappa shape index (κ1) is 19.5. The summed E-state index contributed by atoms with van der Waals surface area (Å²) in [6.07, 6.45) is 8.55. The van der Waals surface area contributed by atoms with E-state index in [2.05, 4.69) is 68.1 Å². The highest BCUT2D eigenvalue weighted by atomic mass is 15.3. The number of hydrogen-bond donors (Lipinski definition) is 1. The number of piperazine rings is 1. The van der Waals surface area contributed by atoms with Crippen LogP contribution in [0.4, 0.5) is 5.82 Å². The highest BCUT2D eigenvalue weighted by Gasteiger charge is 2.22. The molecule has 2 aromatic heterocycles. The number of allylic oxidation sites excluding steroid dienone is 1. The van der Waals surface area contributed by atoms with Crippen LogP contribution in [0.25, 0.3) is 21.9 Å². The lowest BCUT2D eigenvalue weighted by atomic mass is 10.0. The maximum absolute atomic E-state index is 4.66. The lowest BCUT2D eigenvalue weighted by Gasteiger charge is -2.34. The molecular formula is C24H27N7. The van der Waals surface area contributed by atoms with Crippen molar-refractivity contribution in [2.75, 3.05) is 38.5 Å². The van der Waals surface area contributed by atoms with Gasteiger partial charge in [0.1, 0.15) is 11.7 Å². The Kier molecular flexibility index (Phi) is 5.03. The summed E-state index contributed by atoms with van der Waals surface area (Å²) in [6, 6.07) is 8.44. The van der Waals surface area contributed by atoms with Crippen molar-refractivity contribution in [3.05, 3.63) is 66.9 Å². The molecule has 31 heavy (non-hydrogen) atoms. The molecule has 2 aliphatic rings. The molecule has 0 bridgehead atoms. The molecule has 0 unspecified atom stereocenters. The lowest BCUT2D eigenvalue weighted by molar-refractivity contribution is 0.214. The van der Waals surface area contributed by atoms with E-state index in [4.69, 9.17) is 0 Å². The topological polar surface area (TPSA) is 61.6 Å². The Bertz CT molecular complexity index is 1200. The molecular weight excluding hydrogens is 386 g/mol. The van der Waals surface area contributed by atoms with Crippen LogP contribution >= 0.6 is 0 Å². The number of rotatable bonds is 4. The summed E-state index contributed by atoms with van der Waals surface area (Å²) in [5.74, 6) is 1.92. The van der Waals surface area contributed by atoms with E-state index in [0.29, 0.717) is 0 Å². The van der Waals surface area contributed by atoms with Crippen LogP contribution in [0.15, 0.2) is 71.9 Å². The van der Waals surface area contributed by atoms with Crippen LogP contribution in [0.3, 0.4) is 0 Å². The number of likely N-dealkylation sites (N-methyl/N-ethyl adjacent to an activating group) is 1. The Hall–Kier alpha value is -3.45. The molecule has 4 heterocycles. The van der Waals surface area contributed by atoms with Crippen molar-refractivity contribution in [1.82, 2.24) is 24.6 Å². The number of aryl methyl sites for hydroxylation is 1. The van der Waals surface area contributed by atoms with Gasteiger partial charge in [-0.3, -0.25) is 4.68 Å². The van der Waals surface area contributed by atoms with Gasteiger partial charge in [0.15, 0.2) is 0 Å². The van der Waals surface area contributed by atoms with Crippen molar-refractivity contribution in [3.8, 4) is 11.1 Å². The molecule has 1 saturated heterocycles. The average Bonchev–Trinajstić information content (AvgIpc) is 3.43. The van der Waals surface area contributed by atoms with Crippen LogP contribution in [0, 0.1) is 0 Å². The number of nitrogens with one attached hydrogen (secondary N) is 1. The van der Waals surface area contributed by atoms with Crippen molar-refractivity contribution in [2.45, 2.75) is 6.42 Å². The third-order valence-corrected chi connectivity index (χ3v) is 6.01. The van der Waals surface area contributed by atoms with Gasteiger partial charge < -0.3 is 15.1 Å². The van der Waals surface area contributed by atoms with Crippen LogP contribution in [0.2, 0.25) is 0 Å². The van der Waals surface area contributed by atoms with Gasteiger partial charge >= 0.3 is 0 Å². The minimum atomic E-state index is 0.787. The van der Waals surface area contributed by atoms with E-state index in [0.717, 1.165) is 77.4 Å². The van der Waals surface area contributed by atoms with Crippen LogP contribution in [-0.4, -0.2) is 63.6 Å². The number of pyridine rings is 1. The number of benzene rings is 1. The first-order valence-electron chi connectivity index (χ1n) is 10.6. The zero-order chi connectivity index (χ0) is 21.4. The van der Waals surface area contributed by atoms with E-state index < -0.39 is 0 Å². The Morgan fingerprint density at radius 3 is 2.61 bits per heavy atom. The summed E-state index contributed by atoms with van der Waals surface area (Å²) in [4.78, 5) is 14.0. The highest BCUT2D eigenvalue weighted by molar-refractivity contribution is 5.90. The van der Waals surface area contributed by atoms with E-state index in [-0.39, 0.29) is 0 Å². The van der Waals surface area contributed by atoms with Crippen molar-refractivity contribution in [2.24, 2.45) is 12.0 Å². The van der Waals surface area contributed by atoms with Gasteiger partial charge in [-0.25, -0.2) is 9.98 Å². The summed E-state index contributed by atoms with van der Waals surface area (Å²) >= 11 is 0. The van der Waals surface area contributed by atoms with Gasteiger partial charge in [-0.05, 0) is 30.1 Å². The maximum Gasteiger partial charge on any atom is 0.130 e. The summed E-state index contributed by atoms with van der Waals surface area (Å²) in [5, 5.41) is 9.88. The largest absolute Gasteiger partial charge is 0.357 e. The van der Waals surface area contributed by atoms with Gasteiger partial charge in [0.25, 0.3) is 0 Å². The van der Waals surface area contributed by atoms with Gasteiger partial charge in [-0.1, -0.05) is 18.7 Å². The normalized spacial score (nSPS) is 17.0. The van der Waals surface area contributed by atoms with Crippen LogP contribution in [-0.2, 0) is 7.05 Å². The molecule has 2 aliphatic heterocycles. The zero-order valence-corrected chi connectivity index (χ0v) is 18.0. The predicted octanol–water partition coefficient (Wildman–Crippen LogP) is 3.49. The molecule has 0 amide bonds. The Morgan fingerprint density at radius 1 is 1.00 bits per heavy atom. The number of aliphatic imine (C=N–C) groups is 1. The second kappa shape index (κ2) is 8.00. The molecule has 0 spiro atoms. The van der Waals surface area contributed by atoms with Crippen LogP contribution < -0.4 is 5.32 Å². The average molecular weight is 414 g/mol. The first-order chi connectivity index (χ1) is 15.0. The third-order valence-electron chi connectivity index (χ3n) is 6.01. The third kappa shape index (κ3) is 4.09. The van der Waals surface area contributed by atoms with E-state index in [1.165, 1.54) is 0 Å². The fourth-order valence-electron chi connectivity index (χ4n) is 4.05. The Morgan fingerprint density at radius 2 is 1.84 bits per heavy atom. The molecule has 1 N–H and O–H groups in total. The number of hydrogen-bond acceptors (Lipinski definition) is 6. The number of fused-ring (bicyclic) bond motifs is 1. The molecule has 5 rings (SSSR count). The molecule has 3 aromatic rings. The van der Waals surface area contributed by atoms with Crippen molar-refractivity contribution in [3.63, 3.8) is 0 Å². The summed E-state index contributed by atoms with van der Waals surface area (Å²) in [7, 11) is 4.10. The summed E-state index contributed by atoms with van der Waals surface area (Å²) in [6.45, 7) is 8.46. The van der Waals surface area contributed by atoms with Gasteiger partial charge in [0, 0.05) is 80.5 Å². The number of aromatic nitrogens is 3. The number of amidine groups is 1. The van der Waals surface area contributed by atoms with Gasteiger partial charge in [0.05, 0.1) is 6.20 Å². The van der Waals surface area contributed by atoms with Crippen molar-refractivity contribution < 1.29 is 0 Å². The molecule has 7 nitrogen and oxygen atoms in total. The summed E-state index contributed by atoms with van der Waals surface area (Å²) < 4.78 is 1.82. The van der Waals surface area contributed by atoms with E-state index in [1.54, 1.807) is 0 Å². The SMILES string of the molecule is C=C(Nc1cc2cc(-c3cnn(C)c3)ccc2cn1)C1=CN=C(N2CCN(C)CC2)C1. The monoisotopic (exact) mass is 413 g/mol. The number of nitrogens with zero attached hydrogens (tertiary/aromatic N) is 6. The second-order valence-electron chi connectivity index (χ2n) is 8.30. The van der Waals surface area contributed by atoms with E-state index in [9.17, 15) is 0 Å². The van der Waals surface area contributed by atoms with Gasteiger partial charge in [0.2, 0.25) is 0 Å². The second-order valence-corrected chi connectivity index (χ2v) is 8.30. The smallest absolute Gasteiger partial charge is 0.130 e. The highest BCUT2D eigenvalue weighted by Crippen LogP contribution is 2.27. The molecule has 0 radical (unpaired) electrons. The van der Waals surface area contributed by atoms with E-state index >= 15 is 0 Å². The summed E-state index contributed by atoms with van der Waals surface area (Å²) in [5.41, 5.74) is 4.20. The van der Waals surface area contributed by atoms with E-state index in [1.807, 2.05) is 36.5 Å². The zero-order valence-electron chi connectivity index (χ0n) is 18.0. The van der Waals surface area contributed by atoms with Gasteiger partial charge in [-0.15, -0.1) is 0 Å². The molecule has 7 heteroatoms. The molecule has 0 atom stereocenters. The van der Waals surface area contributed by atoms with Crippen LogP contribution in [0.1, 0.15) is 6.42 Å². The number of anilines is 1. The van der Waals surface area contributed by atoms with Crippen molar-refractivity contribution in [1.29, 1.82) is 0 Å². The molecule has 0 saturated carbocycles. The minimum Gasteiger partial charge on any atom is -0.357 e. The lowest BCUT2D eigenvalue weighted by Crippen LogP contribution is -2.46. The van der Waals surface area contributed by atoms with Crippen molar-refractivity contribution >= 4 is 22.4 Å². The fourth-order valence-corrected chi connectivity index (χ4v) is 4.05. The fraction of sp³-hybridized carbons (Fsp3) is 0.292. The molecule has 158 valence electrons. The standard InChI is InChI=1S/C24H27N7/c1-17(21-12-24(26-14-21)31-8-6-29(2)7-9-31)28-23-11-20-10-18(4-5-19(20)13-25-23)22-15-27-30(3)16-22/h4-5,10-11,13-16H,1,6-9,12H2,2-3H3,(H,25,28). The molecule has 1 fully saturated rings. The minimum absolute atomic E-state index is 0.787.